The van der Waals surface area contributed by atoms with E-state index in [9.17, 15) is 9.59 Å². The number of piperidine rings is 1. The summed E-state index contributed by atoms with van der Waals surface area (Å²) in [5.41, 5.74) is -0.899. The molecule has 2 rings (SSSR count). The molecule has 0 spiro atoms. The van der Waals surface area contributed by atoms with Gasteiger partial charge in [-0.05, 0) is 33.6 Å². The number of hydrogen-bond donors (Lipinski definition) is 0. The Hall–Kier alpha value is -1.06. The maximum atomic E-state index is 12.2. The summed E-state index contributed by atoms with van der Waals surface area (Å²) < 4.78 is 5.43. The van der Waals surface area contributed by atoms with E-state index in [0.717, 1.165) is 12.8 Å². The van der Waals surface area contributed by atoms with E-state index in [0.29, 0.717) is 12.3 Å². The number of nitrogens with zero attached hydrogens (tertiary/aromatic N) is 1. The van der Waals surface area contributed by atoms with E-state index in [1.54, 1.807) is 4.90 Å². The average molecular weight is 253 g/mol. The molecule has 0 radical (unpaired) electrons. The summed E-state index contributed by atoms with van der Waals surface area (Å²) in [5.74, 6) is 0.321. The Morgan fingerprint density at radius 3 is 2.56 bits per heavy atom. The number of hydrogen-bond acceptors (Lipinski definition) is 3. The van der Waals surface area contributed by atoms with Gasteiger partial charge in [-0.2, -0.15) is 0 Å². The highest BCUT2D eigenvalue weighted by atomic mass is 16.6. The van der Waals surface area contributed by atoms with Crippen LogP contribution in [0.3, 0.4) is 0 Å². The van der Waals surface area contributed by atoms with E-state index in [4.69, 9.17) is 4.74 Å². The van der Waals surface area contributed by atoms with Gasteiger partial charge >= 0.3 is 6.09 Å². The predicted molar refractivity (Wildman–Crippen MR) is 68.2 cm³/mol. The fourth-order valence-electron chi connectivity index (χ4n) is 3.22. The van der Waals surface area contributed by atoms with E-state index in [1.165, 1.54) is 0 Å². The lowest BCUT2D eigenvalue weighted by Crippen LogP contribution is -2.69. The molecule has 4 nitrogen and oxygen atoms in total. The Morgan fingerprint density at radius 2 is 2.00 bits per heavy atom. The highest BCUT2D eigenvalue weighted by Gasteiger charge is 2.60. The number of ketones is 1. The maximum absolute atomic E-state index is 12.2. The van der Waals surface area contributed by atoms with Gasteiger partial charge in [0.15, 0.2) is 0 Å². The van der Waals surface area contributed by atoms with E-state index >= 15 is 0 Å². The molecule has 0 N–H and O–H groups in total. The van der Waals surface area contributed by atoms with Gasteiger partial charge in [0, 0.05) is 17.9 Å². The molecule has 18 heavy (non-hydrogen) atoms. The van der Waals surface area contributed by atoms with E-state index in [1.807, 2.05) is 34.6 Å². The van der Waals surface area contributed by atoms with Crippen molar-refractivity contribution in [1.82, 2.24) is 4.90 Å². The molecular weight excluding hydrogens is 230 g/mol. The number of Topliss-reactive ketones (excluding diaryl/α,β-unsaturated/α-hetero) is 1. The quantitative estimate of drug-likeness (QED) is 0.666. The van der Waals surface area contributed by atoms with Gasteiger partial charge in [0.05, 0.1) is 6.04 Å². The molecule has 2 atom stereocenters. The van der Waals surface area contributed by atoms with Gasteiger partial charge < -0.3 is 9.64 Å². The molecule has 1 amide bonds. The Labute approximate surface area is 109 Å². The number of likely N-dealkylation sites (tertiary alicyclic amines) is 1. The smallest absolute Gasteiger partial charge is 0.410 e. The second-order valence-electron chi connectivity index (χ2n) is 6.95. The Balaban J connectivity index is 2.14. The predicted octanol–water partition coefficient (Wildman–Crippen LogP) is 2.61. The summed E-state index contributed by atoms with van der Waals surface area (Å²) >= 11 is 0. The first-order chi connectivity index (χ1) is 8.14. The van der Waals surface area contributed by atoms with Gasteiger partial charge in [-0.3, -0.25) is 4.79 Å². The molecule has 102 valence electrons. The van der Waals surface area contributed by atoms with Crippen LogP contribution in [0.5, 0.6) is 0 Å². The van der Waals surface area contributed by atoms with Crippen LogP contribution in [-0.2, 0) is 9.53 Å². The van der Waals surface area contributed by atoms with Crippen LogP contribution in [0.15, 0.2) is 0 Å². The number of ether oxygens (including phenoxy) is 1. The number of carbonyl (C=O) groups is 2. The van der Waals surface area contributed by atoms with Crippen molar-refractivity contribution in [2.45, 2.75) is 59.1 Å². The Bertz CT molecular complexity index is 381. The van der Waals surface area contributed by atoms with Crippen LogP contribution >= 0.6 is 0 Å². The molecule has 2 aliphatic rings. The zero-order chi connectivity index (χ0) is 13.7. The number of carbonyl (C=O) groups excluding carboxylic acids is 2. The van der Waals surface area contributed by atoms with Crippen molar-refractivity contribution in [2.75, 3.05) is 6.54 Å². The van der Waals surface area contributed by atoms with Crippen LogP contribution < -0.4 is 0 Å². The molecule has 1 aliphatic heterocycles. The van der Waals surface area contributed by atoms with Crippen LogP contribution in [0, 0.1) is 11.3 Å². The lowest BCUT2D eigenvalue weighted by molar-refractivity contribution is -0.160. The first-order valence-corrected chi connectivity index (χ1v) is 6.68. The molecule has 1 aliphatic carbocycles. The monoisotopic (exact) mass is 253 g/mol. The Kier molecular flexibility index (Phi) is 2.95. The van der Waals surface area contributed by atoms with Gasteiger partial charge in [-0.15, -0.1) is 0 Å². The third kappa shape index (κ3) is 2.02. The van der Waals surface area contributed by atoms with E-state index in [2.05, 4.69) is 0 Å². The fourth-order valence-corrected chi connectivity index (χ4v) is 3.22. The maximum Gasteiger partial charge on any atom is 0.410 e. The van der Waals surface area contributed by atoms with Crippen LogP contribution in [0.25, 0.3) is 0 Å². The lowest BCUT2D eigenvalue weighted by atomic mass is 9.55. The summed E-state index contributed by atoms with van der Waals surface area (Å²) in [7, 11) is 0. The second kappa shape index (κ2) is 3.97. The van der Waals surface area contributed by atoms with E-state index in [-0.39, 0.29) is 18.1 Å². The highest BCUT2D eigenvalue weighted by molar-refractivity contribution is 5.95. The minimum absolute atomic E-state index is 0.0219. The largest absolute Gasteiger partial charge is 0.444 e. The minimum atomic E-state index is -0.484. The van der Waals surface area contributed by atoms with Crippen molar-refractivity contribution < 1.29 is 14.3 Å². The summed E-state index contributed by atoms with van der Waals surface area (Å²) in [4.78, 5) is 25.9. The van der Waals surface area contributed by atoms with Crippen molar-refractivity contribution in [3.63, 3.8) is 0 Å². The molecule has 4 heteroatoms. The molecule has 2 fully saturated rings. The van der Waals surface area contributed by atoms with Gasteiger partial charge in [0.25, 0.3) is 0 Å². The number of rotatable bonds is 0. The normalized spacial score (nSPS) is 30.5. The molecule has 1 saturated carbocycles. The first-order valence-electron chi connectivity index (χ1n) is 6.68. The van der Waals surface area contributed by atoms with Gasteiger partial charge in [-0.25, -0.2) is 4.79 Å². The van der Waals surface area contributed by atoms with Crippen LogP contribution in [0.1, 0.15) is 47.5 Å². The topological polar surface area (TPSA) is 46.6 Å². The average Bonchev–Trinajstić information content (AvgIpc) is 2.25. The third-order valence-electron chi connectivity index (χ3n) is 3.97. The molecule has 0 unspecified atom stereocenters. The molecule has 1 saturated heterocycles. The van der Waals surface area contributed by atoms with Gasteiger partial charge in [0.2, 0.25) is 0 Å². The van der Waals surface area contributed by atoms with Crippen molar-refractivity contribution in [2.24, 2.45) is 11.3 Å². The summed E-state index contributed by atoms with van der Waals surface area (Å²) in [6.45, 7) is 10.2. The minimum Gasteiger partial charge on any atom is -0.444 e. The summed E-state index contributed by atoms with van der Waals surface area (Å²) in [6, 6.07) is 0.0219. The second-order valence-corrected chi connectivity index (χ2v) is 6.95. The number of fused-ring (bicyclic) bond motifs is 1. The fraction of sp³-hybridized carbons (Fsp3) is 0.857. The highest BCUT2D eigenvalue weighted by Crippen LogP contribution is 2.49. The van der Waals surface area contributed by atoms with Crippen molar-refractivity contribution in [3.8, 4) is 0 Å². The first kappa shape index (κ1) is 13.4. The zero-order valence-electron chi connectivity index (χ0n) is 11.9. The molecule has 1 heterocycles. The van der Waals surface area contributed by atoms with Crippen molar-refractivity contribution in [3.05, 3.63) is 0 Å². The SMILES string of the molecule is CC(C)(C)OC(=O)N1CCC[C@@H]2C(=O)C(C)(C)[C@@H]21. The molecule has 0 aromatic heterocycles. The standard InChI is InChI=1S/C14H23NO3/c1-13(2,3)18-12(17)15-8-6-7-9-10(15)14(4,5)11(9)16/h9-10H,6-8H2,1-5H3/t9-,10+/m0/s1. The van der Waals surface area contributed by atoms with Crippen LogP contribution in [0.2, 0.25) is 0 Å². The van der Waals surface area contributed by atoms with Crippen molar-refractivity contribution >= 4 is 11.9 Å². The molecular formula is C14H23NO3. The van der Waals surface area contributed by atoms with Crippen LogP contribution in [-0.4, -0.2) is 35.0 Å². The van der Waals surface area contributed by atoms with Crippen molar-refractivity contribution in [1.29, 1.82) is 0 Å². The molecule has 0 bridgehead atoms. The summed E-state index contributed by atoms with van der Waals surface area (Å²) in [5, 5.41) is 0. The molecule has 0 aromatic rings. The van der Waals surface area contributed by atoms with Gasteiger partial charge in [0.1, 0.15) is 11.4 Å². The van der Waals surface area contributed by atoms with E-state index < -0.39 is 11.0 Å². The Morgan fingerprint density at radius 1 is 1.39 bits per heavy atom. The molecule has 0 aromatic carbocycles. The number of amides is 1. The third-order valence-corrected chi connectivity index (χ3v) is 3.97. The van der Waals surface area contributed by atoms with Gasteiger partial charge in [-0.1, -0.05) is 13.8 Å². The lowest BCUT2D eigenvalue weighted by Gasteiger charge is -2.56. The summed E-state index contributed by atoms with van der Waals surface area (Å²) in [6.07, 6.45) is 1.52. The van der Waals surface area contributed by atoms with Crippen LogP contribution in [0.4, 0.5) is 4.79 Å². The zero-order valence-corrected chi connectivity index (χ0v) is 11.9.